The Labute approximate surface area is 164 Å². The molecule has 1 aliphatic rings. The maximum Gasteiger partial charge on any atom is 0.416 e. The molecule has 0 atom stereocenters. The standard InChI is InChI=1S/C20H18F3N3OS/c1-28-19-24-10-14-11-26(8-7-17(14)25-19)12-16-5-6-18(27-16)13-3-2-4-15(9-13)20(21,22)23/h2-6,9-10H,7-8,11-12H2,1H3. The smallest absolute Gasteiger partial charge is 0.416 e. The Hall–Kier alpha value is -2.32. The van der Waals surface area contributed by atoms with Crippen LogP contribution in [-0.4, -0.2) is 27.7 Å². The molecule has 0 saturated carbocycles. The van der Waals surface area contributed by atoms with E-state index >= 15 is 0 Å². The molecule has 1 aliphatic heterocycles. The highest BCUT2D eigenvalue weighted by molar-refractivity contribution is 7.98. The predicted molar refractivity (Wildman–Crippen MR) is 101 cm³/mol. The number of rotatable bonds is 4. The van der Waals surface area contributed by atoms with Crippen LogP contribution in [0.15, 0.2) is 52.2 Å². The lowest BCUT2D eigenvalue weighted by molar-refractivity contribution is -0.137. The molecule has 0 radical (unpaired) electrons. The SMILES string of the molecule is CSc1ncc2c(n1)CCN(Cc1ccc(-c3cccc(C(F)(F)F)c3)o1)C2. The number of hydrogen-bond donors (Lipinski definition) is 0. The van der Waals surface area contributed by atoms with Crippen LogP contribution in [-0.2, 0) is 25.7 Å². The first-order chi connectivity index (χ1) is 13.4. The highest BCUT2D eigenvalue weighted by atomic mass is 32.2. The first-order valence-corrected chi connectivity index (χ1v) is 10.0. The molecular weight excluding hydrogens is 387 g/mol. The molecule has 0 bridgehead atoms. The van der Waals surface area contributed by atoms with Gasteiger partial charge in [-0.2, -0.15) is 13.2 Å². The average molecular weight is 405 g/mol. The van der Waals surface area contributed by atoms with Crippen LogP contribution in [0.3, 0.4) is 0 Å². The number of nitrogens with zero attached hydrogens (tertiary/aromatic N) is 3. The van der Waals surface area contributed by atoms with Gasteiger partial charge in [-0.15, -0.1) is 0 Å². The van der Waals surface area contributed by atoms with E-state index in [2.05, 4.69) is 14.9 Å². The summed E-state index contributed by atoms with van der Waals surface area (Å²) in [6.45, 7) is 2.16. The quantitative estimate of drug-likeness (QED) is 0.450. The molecule has 0 aliphatic carbocycles. The summed E-state index contributed by atoms with van der Waals surface area (Å²) in [6.07, 6.45) is 0.295. The van der Waals surface area contributed by atoms with Crippen molar-refractivity contribution < 1.29 is 17.6 Å². The molecule has 0 unspecified atom stereocenters. The minimum atomic E-state index is -4.37. The first-order valence-electron chi connectivity index (χ1n) is 8.80. The fourth-order valence-corrected chi connectivity index (χ4v) is 3.64. The van der Waals surface area contributed by atoms with Gasteiger partial charge in [0.1, 0.15) is 11.5 Å². The van der Waals surface area contributed by atoms with Crippen molar-refractivity contribution in [3.05, 3.63) is 65.2 Å². The lowest BCUT2D eigenvalue weighted by atomic mass is 10.1. The molecule has 0 fully saturated rings. The Bertz CT molecular complexity index is 987. The van der Waals surface area contributed by atoms with Gasteiger partial charge in [-0.05, 0) is 30.5 Å². The van der Waals surface area contributed by atoms with Crippen molar-refractivity contribution in [2.75, 3.05) is 12.8 Å². The second kappa shape index (κ2) is 7.60. The van der Waals surface area contributed by atoms with Crippen molar-refractivity contribution in [3.8, 4) is 11.3 Å². The minimum absolute atomic E-state index is 0.419. The molecule has 1 aromatic carbocycles. The zero-order chi connectivity index (χ0) is 19.7. The fraction of sp³-hybridized carbons (Fsp3) is 0.300. The fourth-order valence-electron chi connectivity index (χ4n) is 3.28. The summed E-state index contributed by atoms with van der Waals surface area (Å²) in [6, 6.07) is 8.72. The average Bonchev–Trinajstić information content (AvgIpc) is 3.15. The summed E-state index contributed by atoms with van der Waals surface area (Å²) in [5.41, 5.74) is 1.93. The van der Waals surface area contributed by atoms with E-state index in [9.17, 15) is 13.2 Å². The molecule has 28 heavy (non-hydrogen) atoms. The summed E-state index contributed by atoms with van der Waals surface area (Å²) in [5, 5.41) is 0.781. The zero-order valence-corrected chi connectivity index (χ0v) is 16.0. The van der Waals surface area contributed by atoms with Crippen LogP contribution in [0.25, 0.3) is 11.3 Å². The molecule has 0 saturated heterocycles. The third-order valence-electron chi connectivity index (χ3n) is 4.69. The van der Waals surface area contributed by atoms with Gasteiger partial charge in [0, 0.05) is 36.8 Å². The molecule has 146 valence electrons. The van der Waals surface area contributed by atoms with E-state index in [1.807, 2.05) is 18.5 Å². The Kier molecular flexibility index (Phi) is 5.16. The van der Waals surface area contributed by atoms with Gasteiger partial charge < -0.3 is 4.42 Å². The maximum atomic E-state index is 12.9. The number of hydrogen-bond acceptors (Lipinski definition) is 5. The van der Waals surface area contributed by atoms with Gasteiger partial charge in [-0.3, -0.25) is 4.90 Å². The summed E-state index contributed by atoms with van der Waals surface area (Å²) in [4.78, 5) is 11.1. The second-order valence-corrected chi connectivity index (χ2v) is 7.41. The third-order valence-corrected chi connectivity index (χ3v) is 5.25. The Morgan fingerprint density at radius 1 is 1.21 bits per heavy atom. The third kappa shape index (κ3) is 4.07. The van der Waals surface area contributed by atoms with Crippen molar-refractivity contribution in [1.29, 1.82) is 0 Å². The van der Waals surface area contributed by atoms with E-state index in [1.54, 1.807) is 12.1 Å². The lowest BCUT2D eigenvalue weighted by Crippen LogP contribution is -2.30. The highest BCUT2D eigenvalue weighted by Crippen LogP contribution is 2.33. The predicted octanol–water partition coefficient (Wildman–Crippen LogP) is 5.04. The lowest BCUT2D eigenvalue weighted by Gasteiger charge is -2.27. The second-order valence-electron chi connectivity index (χ2n) is 6.63. The van der Waals surface area contributed by atoms with Gasteiger partial charge in [0.15, 0.2) is 5.16 Å². The monoisotopic (exact) mass is 405 g/mol. The van der Waals surface area contributed by atoms with Gasteiger partial charge in [0.25, 0.3) is 0 Å². The van der Waals surface area contributed by atoms with Crippen LogP contribution in [0.1, 0.15) is 22.6 Å². The normalized spacial score (nSPS) is 14.9. The maximum absolute atomic E-state index is 12.9. The van der Waals surface area contributed by atoms with E-state index in [4.69, 9.17) is 4.42 Å². The van der Waals surface area contributed by atoms with Crippen LogP contribution in [0, 0.1) is 0 Å². The van der Waals surface area contributed by atoms with Gasteiger partial charge >= 0.3 is 6.18 Å². The van der Waals surface area contributed by atoms with Gasteiger partial charge in [0.2, 0.25) is 0 Å². The van der Waals surface area contributed by atoms with E-state index < -0.39 is 11.7 Å². The van der Waals surface area contributed by atoms with E-state index in [0.29, 0.717) is 17.9 Å². The number of furan rings is 1. The van der Waals surface area contributed by atoms with Crippen molar-refractivity contribution in [3.63, 3.8) is 0 Å². The molecule has 0 amide bonds. The van der Waals surface area contributed by atoms with Crippen molar-refractivity contribution in [2.24, 2.45) is 0 Å². The van der Waals surface area contributed by atoms with E-state index in [-0.39, 0.29) is 0 Å². The summed E-state index contributed by atoms with van der Waals surface area (Å²) < 4.78 is 44.6. The van der Waals surface area contributed by atoms with Crippen molar-refractivity contribution in [1.82, 2.24) is 14.9 Å². The van der Waals surface area contributed by atoms with Crippen molar-refractivity contribution >= 4 is 11.8 Å². The molecule has 0 spiro atoms. The number of aromatic nitrogens is 2. The number of thioether (sulfide) groups is 1. The first kappa shape index (κ1) is 19.0. The van der Waals surface area contributed by atoms with E-state index in [0.717, 1.165) is 53.8 Å². The summed E-state index contributed by atoms with van der Waals surface area (Å²) in [7, 11) is 0. The summed E-state index contributed by atoms with van der Waals surface area (Å²) >= 11 is 1.53. The van der Waals surface area contributed by atoms with Crippen LogP contribution in [0.4, 0.5) is 13.2 Å². The number of benzene rings is 1. The van der Waals surface area contributed by atoms with Crippen LogP contribution in [0.2, 0.25) is 0 Å². The topological polar surface area (TPSA) is 42.2 Å². The summed E-state index contributed by atoms with van der Waals surface area (Å²) in [5.74, 6) is 1.16. The number of halogens is 3. The molecule has 2 aromatic heterocycles. The van der Waals surface area contributed by atoms with Crippen molar-refractivity contribution in [2.45, 2.75) is 30.8 Å². The van der Waals surface area contributed by atoms with Gasteiger partial charge in [-0.1, -0.05) is 23.9 Å². The molecule has 4 rings (SSSR count). The molecule has 3 aromatic rings. The highest BCUT2D eigenvalue weighted by Gasteiger charge is 2.30. The Morgan fingerprint density at radius 3 is 2.86 bits per heavy atom. The molecule has 4 nitrogen and oxygen atoms in total. The number of fused-ring (bicyclic) bond motifs is 1. The molecule has 3 heterocycles. The van der Waals surface area contributed by atoms with Gasteiger partial charge in [0.05, 0.1) is 17.8 Å². The number of alkyl halides is 3. The van der Waals surface area contributed by atoms with Crippen LogP contribution in [0.5, 0.6) is 0 Å². The minimum Gasteiger partial charge on any atom is -0.460 e. The molecule has 8 heteroatoms. The van der Waals surface area contributed by atoms with E-state index in [1.165, 1.54) is 17.8 Å². The largest absolute Gasteiger partial charge is 0.460 e. The molecular formula is C20H18F3N3OS. The molecule has 0 N–H and O–H groups in total. The Balaban J connectivity index is 1.47. The Morgan fingerprint density at radius 2 is 2.07 bits per heavy atom. The van der Waals surface area contributed by atoms with Gasteiger partial charge in [-0.25, -0.2) is 9.97 Å². The van der Waals surface area contributed by atoms with Crippen LogP contribution >= 0.6 is 11.8 Å². The zero-order valence-electron chi connectivity index (χ0n) is 15.2. The van der Waals surface area contributed by atoms with Crippen LogP contribution < -0.4 is 0 Å².